The van der Waals surface area contributed by atoms with Crippen LogP contribution in [-0.2, 0) is 5.60 Å². The van der Waals surface area contributed by atoms with Crippen LogP contribution in [0.3, 0.4) is 0 Å². The van der Waals surface area contributed by atoms with E-state index in [-0.39, 0.29) is 5.75 Å². The molecule has 3 aromatic rings. The van der Waals surface area contributed by atoms with E-state index in [2.05, 4.69) is 0 Å². The molecule has 110 valence electrons. The maximum atomic E-state index is 11.5. The molecule has 0 aliphatic heterocycles. The normalized spacial score (nSPS) is 11.4. The largest absolute Gasteiger partial charge is 0.508 e. The molecule has 0 heterocycles. The van der Waals surface area contributed by atoms with E-state index in [1.54, 1.807) is 12.1 Å². The number of aliphatic hydroxyl groups is 1. The second-order valence-corrected chi connectivity index (χ2v) is 5.54. The molecule has 0 saturated carbocycles. The van der Waals surface area contributed by atoms with E-state index in [0.29, 0.717) is 21.7 Å². The Hall–Kier alpha value is -2.29. The maximum absolute atomic E-state index is 11.5. The minimum absolute atomic E-state index is 0.000365. The van der Waals surface area contributed by atoms with Gasteiger partial charge in [0, 0.05) is 10.6 Å². The van der Waals surface area contributed by atoms with Crippen molar-refractivity contribution in [1.29, 1.82) is 0 Å². The number of hydrogen-bond acceptors (Lipinski definition) is 2. The first-order chi connectivity index (χ1) is 10.6. The van der Waals surface area contributed by atoms with Crippen molar-refractivity contribution in [3.05, 3.63) is 101 Å². The molecule has 0 aromatic heterocycles. The molecule has 0 aliphatic rings. The highest BCUT2D eigenvalue weighted by Gasteiger charge is 2.36. The molecule has 0 spiro atoms. The van der Waals surface area contributed by atoms with E-state index in [0.717, 1.165) is 0 Å². The molecule has 0 amide bonds. The van der Waals surface area contributed by atoms with Crippen molar-refractivity contribution in [2.45, 2.75) is 5.60 Å². The first-order valence-electron chi connectivity index (χ1n) is 6.95. The predicted octanol–water partition coefficient (Wildman–Crippen LogP) is 4.33. The Kier molecular flexibility index (Phi) is 3.88. The van der Waals surface area contributed by atoms with E-state index >= 15 is 0 Å². The molecule has 0 radical (unpaired) electrons. The lowest BCUT2D eigenvalue weighted by Crippen LogP contribution is -2.28. The number of halogens is 1. The SMILES string of the molecule is Oc1ccc(Cl)cc1C(O)(c1ccccc1)c1ccccc1. The quantitative estimate of drug-likeness (QED) is 0.707. The number of benzene rings is 3. The average Bonchev–Trinajstić information content (AvgIpc) is 2.58. The van der Waals surface area contributed by atoms with Gasteiger partial charge in [0.2, 0.25) is 0 Å². The summed E-state index contributed by atoms with van der Waals surface area (Å²) in [5, 5.41) is 22.2. The fraction of sp³-hybridized carbons (Fsp3) is 0.0526. The Morgan fingerprint density at radius 1 is 0.727 bits per heavy atom. The van der Waals surface area contributed by atoms with Crippen molar-refractivity contribution in [3.63, 3.8) is 0 Å². The van der Waals surface area contributed by atoms with Gasteiger partial charge in [-0.05, 0) is 29.3 Å². The van der Waals surface area contributed by atoms with Crippen LogP contribution in [0.4, 0.5) is 0 Å². The lowest BCUT2D eigenvalue weighted by atomic mass is 9.80. The third kappa shape index (κ3) is 2.47. The van der Waals surface area contributed by atoms with Crippen molar-refractivity contribution in [3.8, 4) is 5.75 Å². The molecule has 0 unspecified atom stereocenters. The van der Waals surface area contributed by atoms with Crippen LogP contribution in [0, 0.1) is 0 Å². The van der Waals surface area contributed by atoms with Crippen LogP contribution in [0.2, 0.25) is 5.02 Å². The van der Waals surface area contributed by atoms with Crippen LogP contribution in [-0.4, -0.2) is 10.2 Å². The topological polar surface area (TPSA) is 40.5 Å². The summed E-state index contributed by atoms with van der Waals surface area (Å²) in [5.74, 6) is -0.000365. The van der Waals surface area contributed by atoms with Crippen LogP contribution in [0.25, 0.3) is 0 Å². The minimum Gasteiger partial charge on any atom is -0.508 e. The number of rotatable bonds is 3. The van der Waals surface area contributed by atoms with Crippen LogP contribution in [0.1, 0.15) is 16.7 Å². The van der Waals surface area contributed by atoms with Gasteiger partial charge in [-0.25, -0.2) is 0 Å². The molecule has 22 heavy (non-hydrogen) atoms. The summed E-state index contributed by atoms with van der Waals surface area (Å²) in [6.07, 6.45) is 0. The number of phenols is 1. The first-order valence-corrected chi connectivity index (χ1v) is 7.32. The summed E-state index contributed by atoms with van der Waals surface area (Å²) in [7, 11) is 0. The van der Waals surface area contributed by atoms with Crippen molar-refractivity contribution in [2.75, 3.05) is 0 Å². The predicted molar refractivity (Wildman–Crippen MR) is 88.1 cm³/mol. The molecular formula is C19H15ClO2. The Balaban J connectivity index is 2.31. The van der Waals surface area contributed by atoms with Gasteiger partial charge in [-0.2, -0.15) is 0 Å². The number of aromatic hydroxyl groups is 1. The Morgan fingerprint density at radius 3 is 1.73 bits per heavy atom. The van der Waals surface area contributed by atoms with E-state index in [9.17, 15) is 10.2 Å². The van der Waals surface area contributed by atoms with Gasteiger partial charge in [-0.3, -0.25) is 0 Å². The Morgan fingerprint density at radius 2 is 1.23 bits per heavy atom. The third-order valence-electron chi connectivity index (χ3n) is 3.73. The molecule has 0 atom stereocenters. The van der Waals surface area contributed by atoms with Gasteiger partial charge in [0.05, 0.1) is 0 Å². The zero-order valence-electron chi connectivity index (χ0n) is 11.8. The summed E-state index contributed by atoms with van der Waals surface area (Å²) < 4.78 is 0. The zero-order valence-corrected chi connectivity index (χ0v) is 12.5. The number of phenolic OH excluding ortho intramolecular Hbond substituents is 1. The lowest BCUT2D eigenvalue weighted by molar-refractivity contribution is 0.122. The second kappa shape index (κ2) is 5.84. The van der Waals surface area contributed by atoms with Gasteiger partial charge < -0.3 is 10.2 Å². The van der Waals surface area contributed by atoms with E-state index in [1.807, 2.05) is 60.7 Å². The molecule has 0 fully saturated rings. The molecule has 0 aliphatic carbocycles. The molecule has 3 rings (SSSR count). The van der Waals surface area contributed by atoms with E-state index in [4.69, 9.17) is 11.6 Å². The van der Waals surface area contributed by atoms with Crippen LogP contribution < -0.4 is 0 Å². The van der Waals surface area contributed by atoms with Gasteiger partial charge in [-0.15, -0.1) is 0 Å². The second-order valence-electron chi connectivity index (χ2n) is 5.10. The zero-order chi connectivity index (χ0) is 15.6. The van der Waals surface area contributed by atoms with Crippen molar-refractivity contribution >= 4 is 11.6 Å². The average molecular weight is 311 g/mol. The summed E-state index contributed by atoms with van der Waals surface area (Å²) in [6, 6.07) is 23.2. The molecular weight excluding hydrogens is 296 g/mol. The van der Waals surface area contributed by atoms with Gasteiger partial charge in [0.1, 0.15) is 11.4 Å². The first kappa shape index (κ1) is 14.6. The highest BCUT2D eigenvalue weighted by atomic mass is 35.5. The molecule has 3 heteroatoms. The highest BCUT2D eigenvalue weighted by Crippen LogP contribution is 2.41. The van der Waals surface area contributed by atoms with E-state index < -0.39 is 5.60 Å². The van der Waals surface area contributed by atoms with Crippen molar-refractivity contribution in [2.24, 2.45) is 0 Å². The van der Waals surface area contributed by atoms with Crippen LogP contribution >= 0.6 is 11.6 Å². The summed E-state index contributed by atoms with van der Waals surface area (Å²) in [5.41, 5.74) is 0.215. The summed E-state index contributed by atoms with van der Waals surface area (Å²) in [4.78, 5) is 0. The standard InChI is InChI=1S/C19H15ClO2/c20-16-11-12-18(21)17(13-16)19(22,14-7-3-1-4-8-14)15-9-5-2-6-10-15/h1-13,21-22H. The summed E-state index contributed by atoms with van der Waals surface area (Å²) >= 11 is 6.08. The van der Waals surface area contributed by atoms with Crippen LogP contribution in [0.15, 0.2) is 78.9 Å². The highest BCUT2D eigenvalue weighted by molar-refractivity contribution is 6.30. The monoisotopic (exact) mass is 310 g/mol. The maximum Gasteiger partial charge on any atom is 0.144 e. The Labute approximate surface area is 134 Å². The third-order valence-corrected chi connectivity index (χ3v) is 3.97. The van der Waals surface area contributed by atoms with Gasteiger partial charge in [-0.1, -0.05) is 72.3 Å². The number of hydrogen-bond donors (Lipinski definition) is 2. The molecule has 3 aromatic carbocycles. The van der Waals surface area contributed by atoms with Crippen LogP contribution in [0.5, 0.6) is 5.75 Å². The fourth-order valence-electron chi connectivity index (χ4n) is 2.63. The smallest absolute Gasteiger partial charge is 0.144 e. The lowest BCUT2D eigenvalue weighted by Gasteiger charge is -2.30. The molecule has 0 bridgehead atoms. The Bertz CT molecular complexity index is 730. The molecule has 0 saturated heterocycles. The molecule has 2 N–H and O–H groups in total. The van der Waals surface area contributed by atoms with Crippen molar-refractivity contribution < 1.29 is 10.2 Å². The van der Waals surface area contributed by atoms with Gasteiger partial charge in [0.25, 0.3) is 0 Å². The summed E-state index contributed by atoms with van der Waals surface area (Å²) in [6.45, 7) is 0. The van der Waals surface area contributed by atoms with Gasteiger partial charge >= 0.3 is 0 Å². The van der Waals surface area contributed by atoms with E-state index in [1.165, 1.54) is 6.07 Å². The van der Waals surface area contributed by atoms with Crippen molar-refractivity contribution in [1.82, 2.24) is 0 Å². The fourth-order valence-corrected chi connectivity index (χ4v) is 2.81. The minimum atomic E-state index is -1.47. The van der Waals surface area contributed by atoms with Gasteiger partial charge in [0.15, 0.2) is 0 Å². The molecule has 2 nitrogen and oxygen atoms in total.